The first-order valence-electron chi connectivity index (χ1n) is 6.97. The van der Waals surface area contributed by atoms with Gasteiger partial charge in [0.25, 0.3) is 0 Å². The minimum atomic E-state index is 0. The SMILES string of the molecule is CC(C)N1CCN(C(=O)CNc2ccccc2)CC1.Cl.Cl. The molecular formula is C15H25Cl2N3O. The minimum Gasteiger partial charge on any atom is -0.376 e. The standard InChI is InChI=1S/C15H23N3O.2ClH/c1-13(2)17-8-10-18(11-9-17)15(19)12-16-14-6-4-3-5-7-14;;/h3-7,13,16H,8-12H2,1-2H3;2*1H. The number of carbonyl (C=O) groups is 1. The number of para-hydroxylation sites is 1. The molecule has 21 heavy (non-hydrogen) atoms. The zero-order valence-corrected chi connectivity index (χ0v) is 14.3. The molecule has 1 fully saturated rings. The average molecular weight is 334 g/mol. The van der Waals surface area contributed by atoms with E-state index in [2.05, 4.69) is 24.1 Å². The van der Waals surface area contributed by atoms with Gasteiger partial charge in [0.2, 0.25) is 5.91 Å². The number of hydrogen-bond donors (Lipinski definition) is 1. The van der Waals surface area contributed by atoms with Crippen LogP contribution >= 0.6 is 24.8 Å². The maximum absolute atomic E-state index is 12.1. The number of nitrogens with zero attached hydrogens (tertiary/aromatic N) is 2. The molecule has 0 aliphatic carbocycles. The molecule has 1 aromatic rings. The van der Waals surface area contributed by atoms with Crippen LogP contribution in [0, 0.1) is 0 Å². The molecule has 6 heteroatoms. The summed E-state index contributed by atoms with van der Waals surface area (Å²) in [6.45, 7) is 8.43. The molecule has 0 saturated carbocycles. The van der Waals surface area contributed by atoms with Gasteiger partial charge in [0.15, 0.2) is 0 Å². The van der Waals surface area contributed by atoms with Crippen LogP contribution in [0.4, 0.5) is 5.69 Å². The van der Waals surface area contributed by atoms with Gasteiger partial charge in [0, 0.05) is 37.9 Å². The number of nitrogens with one attached hydrogen (secondary N) is 1. The lowest BCUT2D eigenvalue weighted by molar-refractivity contribution is -0.131. The van der Waals surface area contributed by atoms with Gasteiger partial charge in [-0.05, 0) is 26.0 Å². The lowest BCUT2D eigenvalue weighted by Crippen LogP contribution is -2.51. The maximum Gasteiger partial charge on any atom is 0.241 e. The highest BCUT2D eigenvalue weighted by Gasteiger charge is 2.21. The number of amides is 1. The Hall–Kier alpha value is -0.970. The van der Waals surface area contributed by atoms with Crippen molar-refractivity contribution in [3.63, 3.8) is 0 Å². The Bertz CT molecular complexity index is 407. The second kappa shape index (κ2) is 9.87. The topological polar surface area (TPSA) is 35.6 Å². The molecule has 120 valence electrons. The van der Waals surface area contributed by atoms with Crippen LogP contribution in [0.5, 0.6) is 0 Å². The molecule has 0 atom stereocenters. The van der Waals surface area contributed by atoms with E-state index in [0.717, 1.165) is 31.9 Å². The van der Waals surface area contributed by atoms with Crippen LogP contribution in [0.2, 0.25) is 0 Å². The van der Waals surface area contributed by atoms with Crippen molar-refractivity contribution in [3.8, 4) is 0 Å². The first kappa shape index (κ1) is 20.0. The van der Waals surface area contributed by atoms with E-state index in [1.54, 1.807) is 0 Å². The molecule has 4 nitrogen and oxygen atoms in total. The Morgan fingerprint density at radius 2 is 1.67 bits per heavy atom. The summed E-state index contributed by atoms with van der Waals surface area (Å²) in [7, 11) is 0. The zero-order chi connectivity index (χ0) is 13.7. The summed E-state index contributed by atoms with van der Waals surface area (Å²) in [4.78, 5) is 16.5. The zero-order valence-electron chi connectivity index (χ0n) is 12.6. The Balaban J connectivity index is 0.00000200. The van der Waals surface area contributed by atoms with E-state index < -0.39 is 0 Å². The molecule has 0 radical (unpaired) electrons. The van der Waals surface area contributed by atoms with E-state index >= 15 is 0 Å². The second-order valence-electron chi connectivity index (χ2n) is 5.23. The lowest BCUT2D eigenvalue weighted by Gasteiger charge is -2.37. The molecule has 1 aromatic carbocycles. The molecule has 1 aliphatic heterocycles. The highest BCUT2D eigenvalue weighted by atomic mass is 35.5. The Morgan fingerprint density at radius 3 is 2.19 bits per heavy atom. The van der Waals surface area contributed by atoms with Gasteiger partial charge < -0.3 is 10.2 Å². The molecule has 1 N–H and O–H groups in total. The van der Waals surface area contributed by atoms with E-state index in [1.807, 2.05) is 35.2 Å². The fourth-order valence-electron chi connectivity index (χ4n) is 2.33. The van der Waals surface area contributed by atoms with Crippen molar-refractivity contribution in [2.75, 3.05) is 38.0 Å². The van der Waals surface area contributed by atoms with E-state index in [9.17, 15) is 4.79 Å². The molecule has 0 unspecified atom stereocenters. The van der Waals surface area contributed by atoms with Crippen molar-refractivity contribution in [2.24, 2.45) is 0 Å². The third-order valence-corrected chi connectivity index (χ3v) is 3.61. The van der Waals surface area contributed by atoms with E-state index in [-0.39, 0.29) is 30.7 Å². The normalized spacial score (nSPS) is 15.1. The highest BCUT2D eigenvalue weighted by Crippen LogP contribution is 2.08. The fraction of sp³-hybridized carbons (Fsp3) is 0.533. The largest absolute Gasteiger partial charge is 0.376 e. The van der Waals surface area contributed by atoms with Gasteiger partial charge >= 0.3 is 0 Å². The van der Waals surface area contributed by atoms with Crippen LogP contribution in [0.15, 0.2) is 30.3 Å². The van der Waals surface area contributed by atoms with Crippen molar-refractivity contribution in [1.82, 2.24) is 9.80 Å². The smallest absolute Gasteiger partial charge is 0.241 e. The van der Waals surface area contributed by atoms with Crippen LogP contribution in [0.25, 0.3) is 0 Å². The molecule has 0 bridgehead atoms. The number of piperazine rings is 1. The Labute approximate surface area is 139 Å². The fourth-order valence-corrected chi connectivity index (χ4v) is 2.33. The molecule has 1 aliphatic rings. The van der Waals surface area contributed by atoms with Gasteiger partial charge in [-0.15, -0.1) is 24.8 Å². The van der Waals surface area contributed by atoms with E-state index in [0.29, 0.717) is 12.6 Å². The number of anilines is 1. The van der Waals surface area contributed by atoms with E-state index in [4.69, 9.17) is 0 Å². The van der Waals surface area contributed by atoms with Crippen LogP contribution in [0.3, 0.4) is 0 Å². The lowest BCUT2D eigenvalue weighted by atomic mass is 10.2. The molecule has 1 saturated heterocycles. The average Bonchev–Trinajstić information content (AvgIpc) is 2.46. The predicted octanol–water partition coefficient (Wildman–Crippen LogP) is 2.49. The van der Waals surface area contributed by atoms with Crippen molar-refractivity contribution < 1.29 is 4.79 Å². The van der Waals surface area contributed by atoms with Gasteiger partial charge in [-0.25, -0.2) is 0 Å². The molecule has 1 amide bonds. The number of rotatable bonds is 4. The maximum atomic E-state index is 12.1. The highest BCUT2D eigenvalue weighted by molar-refractivity contribution is 5.85. The number of carbonyl (C=O) groups excluding carboxylic acids is 1. The summed E-state index contributed by atoms with van der Waals surface area (Å²) in [5.41, 5.74) is 0.997. The van der Waals surface area contributed by atoms with Crippen LogP contribution in [-0.4, -0.2) is 54.5 Å². The van der Waals surface area contributed by atoms with Crippen molar-refractivity contribution in [1.29, 1.82) is 0 Å². The van der Waals surface area contributed by atoms with Crippen LogP contribution in [-0.2, 0) is 4.79 Å². The molecule has 0 spiro atoms. The third-order valence-electron chi connectivity index (χ3n) is 3.61. The monoisotopic (exact) mass is 333 g/mol. The molecular weight excluding hydrogens is 309 g/mol. The van der Waals surface area contributed by atoms with Crippen molar-refractivity contribution in [3.05, 3.63) is 30.3 Å². The quantitative estimate of drug-likeness (QED) is 0.919. The van der Waals surface area contributed by atoms with Gasteiger partial charge in [-0.2, -0.15) is 0 Å². The molecule has 1 heterocycles. The van der Waals surface area contributed by atoms with Crippen LogP contribution < -0.4 is 5.32 Å². The van der Waals surface area contributed by atoms with Gasteiger partial charge in [-0.1, -0.05) is 18.2 Å². The van der Waals surface area contributed by atoms with Gasteiger partial charge in [0.05, 0.1) is 6.54 Å². The summed E-state index contributed by atoms with van der Waals surface area (Å²) < 4.78 is 0. The summed E-state index contributed by atoms with van der Waals surface area (Å²) >= 11 is 0. The third kappa shape index (κ3) is 6.12. The first-order valence-corrected chi connectivity index (χ1v) is 6.97. The minimum absolute atomic E-state index is 0. The summed E-state index contributed by atoms with van der Waals surface area (Å²) in [5.74, 6) is 0.187. The first-order chi connectivity index (χ1) is 9.16. The van der Waals surface area contributed by atoms with Crippen molar-refractivity contribution >= 4 is 36.4 Å². The predicted molar refractivity (Wildman–Crippen MR) is 92.7 cm³/mol. The van der Waals surface area contributed by atoms with Gasteiger partial charge in [-0.3, -0.25) is 9.69 Å². The van der Waals surface area contributed by atoms with Crippen molar-refractivity contribution in [2.45, 2.75) is 19.9 Å². The summed E-state index contributed by atoms with van der Waals surface area (Å²) in [6.07, 6.45) is 0. The second-order valence-corrected chi connectivity index (χ2v) is 5.23. The Kier molecular flexibility index (Phi) is 9.42. The van der Waals surface area contributed by atoms with Crippen LogP contribution in [0.1, 0.15) is 13.8 Å². The summed E-state index contributed by atoms with van der Waals surface area (Å²) in [5, 5.41) is 3.17. The number of halogens is 2. The number of benzene rings is 1. The Morgan fingerprint density at radius 1 is 1.10 bits per heavy atom. The van der Waals surface area contributed by atoms with E-state index in [1.165, 1.54) is 0 Å². The van der Waals surface area contributed by atoms with Gasteiger partial charge in [0.1, 0.15) is 0 Å². The summed E-state index contributed by atoms with van der Waals surface area (Å²) in [6, 6.07) is 10.4. The molecule has 0 aromatic heterocycles. The molecule has 2 rings (SSSR count). The number of hydrogen-bond acceptors (Lipinski definition) is 3.